The second-order valence-electron chi connectivity index (χ2n) is 6.38. The van der Waals surface area contributed by atoms with Gasteiger partial charge in [-0.3, -0.25) is 9.59 Å². The van der Waals surface area contributed by atoms with Crippen molar-refractivity contribution in [3.63, 3.8) is 0 Å². The van der Waals surface area contributed by atoms with Gasteiger partial charge in [0.05, 0.1) is 17.8 Å². The Labute approximate surface area is 164 Å². The molecule has 0 aliphatic carbocycles. The summed E-state index contributed by atoms with van der Waals surface area (Å²) in [6.45, 7) is 0.136. The van der Waals surface area contributed by atoms with Gasteiger partial charge < -0.3 is 15.0 Å². The van der Waals surface area contributed by atoms with Crippen LogP contribution in [0.5, 0.6) is 5.75 Å². The van der Waals surface area contributed by atoms with Gasteiger partial charge in [0, 0.05) is 19.5 Å². The molecule has 28 heavy (non-hydrogen) atoms. The minimum Gasteiger partial charge on any atom is -0.492 e. The molecule has 1 fully saturated rings. The molecule has 0 unspecified atom stereocenters. The fraction of sp³-hybridized carbons (Fsp3) is 0.263. The van der Waals surface area contributed by atoms with Crippen LogP contribution >= 0.6 is 11.6 Å². The van der Waals surface area contributed by atoms with Crippen molar-refractivity contribution in [1.82, 2.24) is 4.90 Å². The lowest BCUT2D eigenvalue weighted by atomic mass is 9.87. The Morgan fingerprint density at radius 2 is 1.93 bits per heavy atom. The van der Waals surface area contributed by atoms with E-state index in [0.29, 0.717) is 5.56 Å². The van der Waals surface area contributed by atoms with Crippen molar-refractivity contribution in [3.8, 4) is 5.75 Å². The van der Waals surface area contributed by atoms with Crippen molar-refractivity contribution in [1.29, 1.82) is 0 Å². The molecule has 9 heteroatoms. The summed E-state index contributed by atoms with van der Waals surface area (Å²) in [7, 11) is 2.75. The normalized spacial score (nSPS) is 19.1. The summed E-state index contributed by atoms with van der Waals surface area (Å²) in [6.07, 6.45) is 0. The number of ether oxygens (including phenoxy) is 1. The molecule has 1 heterocycles. The highest BCUT2D eigenvalue weighted by atomic mass is 35.5. The zero-order valence-electron chi connectivity index (χ0n) is 14.9. The molecule has 2 aromatic carbocycles. The second kappa shape index (κ2) is 7.71. The number of hydrogen-bond acceptors (Lipinski definition) is 3. The van der Waals surface area contributed by atoms with Gasteiger partial charge in [0.15, 0.2) is 23.2 Å². The Bertz CT molecular complexity index is 954. The smallest absolute Gasteiger partial charge is 0.237 e. The van der Waals surface area contributed by atoms with Crippen LogP contribution in [0.25, 0.3) is 0 Å². The van der Waals surface area contributed by atoms with Crippen LogP contribution in [0, 0.1) is 23.4 Å². The average molecular weight is 413 g/mol. The molecular formula is C19H16ClF3N2O3. The molecule has 1 N–H and O–H groups in total. The van der Waals surface area contributed by atoms with E-state index in [1.807, 2.05) is 0 Å². The third-order valence-corrected chi connectivity index (χ3v) is 5.08. The van der Waals surface area contributed by atoms with Crippen molar-refractivity contribution in [2.24, 2.45) is 5.92 Å². The first-order valence-electron chi connectivity index (χ1n) is 8.28. The number of anilines is 1. The second-order valence-corrected chi connectivity index (χ2v) is 6.76. The summed E-state index contributed by atoms with van der Waals surface area (Å²) in [6, 6.07) is 5.83. The molecule has 148 valence electrons. The van der Waals surface area contributed by atoms with E-state index in [9.17, 15) is 22.8 Å². The van der Waals surface area contributed by atoms with E-state index in [4.69, 9.17) is 16.3 Å². The van der Waals surface area contributed by atoms with Gasteiger partial charge in [-0.15, -0.1) is 0 Å². The van der Waals surface area contributed by atoms with E-state index >= 15 is 0 Å². The fourth-order valence-electron chi connectivity index (χ4n) is 3.30. The summed E-state index contributed by atoms with van der Waals surface area (Å²) in [4.78, 5) is 26.6. The van der Waals surface area contributed by atoms with E-state index in [-0.39, 0.29) is 23.0 Å². The number of halogens is 4. The lowest BCUT2D eigenvalue weighted by Gasteiger charge is -2.19. The highest BCUT2D eigenvalue weighted by Crippen LogP contribution is 2.41. The Balaban J connectivity index is 1.97. The van der Waals surface area contributed by atoms with Gasteiger partial charge in [0.2, 0.25) is 11.8 Å². The predicted molar refractivity (Wildman–Crippen MR) is 96.8 cm³/mol. The minimum atomic E-state index is -1.25. The van der Waals surface area contributed by atoms with Crippen molar-refractivity contribution < 1.29 is 27.5 Å². The number of likely N-dealkylation sites (tertiary alicyclic amines) is 1. The third kappa shape index (κ3) is 3.40. The Kier molecular flexibility index (Phi) is 5.51. The highest BCUT2D eigenvalue weighted by Gasteiger charge is 2.45. The molecule has 0 spiro atoms. The van der Waals surface area contributed by atoms with E-state index in [1.165, 1.54) is 37.3 Å². The largest absolute Gasteiger partial charge is 0.492 e. The summed E-state index contributed by atoms with van der Waals surface area (Å²) < 4.78 is 46.1. The molecule has 1 aliphatic rings. The molecule has 2 amide bonds. The van der Waals surface area contributed by atoms with E-state index in [2.05, 4.69) is 5.32 Å². The Hall–Kier alpha value is -2.74. The first-order chi connectivity index (χ1) is 13.3. The number of hydrogen-bond donors (Lipinski definition) is 1. The van der Waals surface area contributed by atoms with E-state index in [0.717, 1.165) is 12.1 Å². The van der Waals surface area contributed by atoms with Crippen LogP contribution in [0.3, 0.4) is 0 Å². The summed E-state index contributed by atoms with van der Waals surface area (Å²) in [5.74, 6) is -6.55. The first-order valence-corrected chi connectivity index (χ1v) is 8.65. The zero-order valence-corrected chi connectivity index (χ0v) is 15.7. The number of methoxy groups -OCH3 is 1. The molecule has 2 aromatic rings. The van der Waals surface area contributed by atoms with Crippen LogP contribution in [0.15, 0.2) is 30.3 Å². The molecule has 2 atom stereocenters. The number of carbonyl (C=O) groups excluding carboxylic acids is 2. The number of rotatable bonds is 4. The monoisotopic (exact) mass is 412 g/mol. The summed E-state index contributed by atoms with van der Waals surface area (Å²) in [5.41, 5.74) is -0.0358. The number of nitrogens with zero attached hydrogens (tertiary/aromatic N) is 1. The molecule has 1 saturated heterocycles. The third-order valence-electron chi connectivity index (χ3n) is 4.69. The SMILES string of the molecule is COc1c(F)ccc([C@H]2CN(C)C(=O)[C@@H]2C(=O)Nc2cccc(F)c2F)c1Cl. The van der Waals surface area contributed by atoms with Gasteiger partial charge in [-0.2, -0.15) is 0 Å². The predicted octanol–water partition coefficient (Wildman–Crippen LogP) is 3.58. The Morgan fingerprint density at radius 1 is 1.21 bits per heavy atom. The quantitative estimate of drug-likeness (QED) is 0.781. The number of carbonyl (C=O) groups is 2. The standard InChI is InChI=1S/C19H16ClF3N2O3/c1-25-8-10(9-6-7-12(22)17(28-2)15(9)20)14(19(25)27)18(26)24-13-5-3-4-11(21)16(13)23/h3-7,10,14H,8H2,1-2H3,(H,24,26)/t10-,14+/m1/s1. The van der Waals surface area contributed by atoms with Crippen LogP contribution in [0.4, 0.5) is 18.9 Å². The lowest BCUT2D eigenvalue weighted by Crippen LogP contribution is -2.33. The molecule has 0 saturated carbocycles. The van der Waals surface area contributed by atoms with Crippen molar-refractivity contribution >= 4 is 29.1 Å². The van der Waals surface area contributed by atoms with Gasteiger partial charge in [-0.1, -0.05) is 23.7 Å². The van der Waals surface area contributed by atoms with Gasteiger partial charge in [0.1, 0.15) is 5.92 Å². The minimum absolute atomic E-state index is 0.0506. The number of nitrogens with one attached hydrogen (secondary N) is 1. The van der Waals surface area contributed by atoms with Gasteiger partial charge in [0.25, 0.3) is 0 Å². The van der Waals surface area contributed by atoms with Crippen LogP contribution in [-0.2, 0) is 9.59 Å². The van der Waals surface area contributed by atoms with Crippen LogP contribution < -0.4 is 10.1 Å². The first kappa shape index (κ1) is 20.0. The summed E-state index contributed by atoms with van der Waals surface area (Å²) >= 11 is 6.23. The van der Waals surface area contributed by atoms with Crippen molar-refractivity contribution in [2.45, 2.75) is 5.92 Å². The van der Waals surface area contributed by atoms with Crippen molar-refractivity contribution in [3.05, 3.63) is 58.4 Å². The average Bonchev–Trinajstić information content (AvgIpc) is 2.94. The van der Waals surface area contributed by atoms with Gasteiger partial charge >= 0.3 is 0 Å². The maximum Gasteiger partial charge on any atom is 0.237 e. The highest BCUT2D eigenvalue weighted by molar-refractivity contribution is 6.33. The van der Waals surface area contributed by atoms with E-state index in [1.54, 1.807) is 0 Å². The van der Waals surface area contributed by atoms with Crippen LogP contribution in [-0.4, -0.2) is 37.4 Å². The van der Waals surface area contributed by atoms with Gasteiger partial charge in [-0.05, 0) is 23.8 Å². The lowest BCUT2D eigenvalue weighted by molar-refractivity contribution is -0.135. The topological polar surface area (TPSA) is 58.6 Å². The molecular weight excluding hydrogens is 397 g/mol. The van der Waals surface area contributed by atoms with Crippen LogP contribution in [0.1, 0.15) is 11.5 Å². The molecule has 5 nitrogen and oxygen atoms in total. The maximum absolute atomic E-state index is 13.9. The molecule has 0 bridgehead atoms. The van der Waals surface area contributed by atoms with E-state index < -0.39 is 41.1 Å². The Morgan fingerprint density at radius 3 is 2.61 bits per heavy atom. The molecule has 3 rings (SSSR count). The molecule has 0 aromatic heterocycles. The maximum atomic E-state index is 13.9. The summed E-state index contributed by atoms with van der Waals surface area (Å²) in [5, 5.41) is 2.20. The number of amides is 2. The molecule has 0 radical (unpaired) electrons. The van der Waals surface area contributed by atoms with Crippen molar-refractivity contribution in [2.75, 3.05) is 26.0 Å². The number of benzene rings is 2. The number of likely N-dealkylation sites (N-methyl/N-ethyl adjacent to an activating group) is 1. The van der Waals surface area contributed by atoms with Crippen LogP contribution in [0.2, 0.25) is 5.02 Å². The fourth-order valence-corrected chi connectivity index (χ4v) is 3.68. The van der Waals surface area contributed by atoms with Gasteiger partial charge in [-0.25, -0.2) is 13.2 Å². The zero-order chi connectivity index (χ0) is 20.6. The molecule has 1 aliphatic heterocycles.